The second-order valence-electron chi connectivity index (χ2n) is 7.91. The number of nitrogens with zero attached hydrogens (tertiary/aromatic N) is 7. The van der Waals surface area contributed by atoms with Crippen LogP contribution < -0.4 is 5.32 Å². The highest BCUT2D eigenvalue weighted by atomic mass is 32.1. The minimum atomic E-state index is 0.444. The Hall–Kier alpha value is -3.37. The van der Waals surface area contributed by atoms with Gasteiger partial charge in [0, 0.05) is 43.3 Å². The largest absolute Gasteiger partial charge is 0.346 e. The maximum atomic E-state index is 5.57. The Labute approximate surface area is 191 Å². The lowest BCUT2D eigenvalue weighted by atomic mass is 10.3. The van der Waals surface area contributed by atoms with Crippen LogP contribution in [-0.2, 0) is 6.54 Å². The van der Waals surface area contributed by atoms with E-state index in [9.17, 15) is 0 Å². The monoisotopic (exact) mass is 448 g/mol. The number of hydrogen-bond donors (Lipinski definition) is 1. The Morgan fingerprint density at radius 3 is 2.66 bits per heavy atom. The summed E-state index contributed by atoms with van der Waals surface area (Å²) in [5, 5.41) is 12.6. The van der Waals surface area contributed by atoms with Gasteiger partial charge in [-0.1, -0.05) is 23.4 Å². The first-order valence-electron chi connectivity index (χ1n) is 10.5. The first-order chi connectivity index (χ1) is 15.6. The zero-order valence-electron chi connectivity index (χ0n) is 18.0. The zero-order chi connectivity index (χ0) is 22.1. The number of fused-ring (bicyclic) bond motifs is 1. The minimum Gasteiger partial charge on any atom is -0.346 e. The van der Waals surface area contributed by atoms with Gasteiger partial charge in [0.15, 0.2) is 16.6 Å². The molecule has 32 heavy (non-hydrogen) atoms. The number of aryl methyl sites for hydroxylation is 2. The fourth-order valence-electron chi connectivity index (χ4n) is 3.88. The summed E-state index contributed by atoms with van der Waals surface area (Å²) in [5.74, 6) is 1.10. The van der Waals surface area contributed by atoms with Crippen molar-refractivity contribution in [2.24, 2.45) is 0 Å². The molecule has 3 aromatic heterocycles. The van der Waals surface area contributed by atoms with E-state index in [2.05, 4.69) is 35.3 Å². The van der Waals surface area contributed by atoms with Crippen molar-refractivity contribution < 1.29 is 4.52 Å². The molecule has 0 unspecified atom stereocenters. The van der Waals surface area contributed by atoms with Gasteiger partial charge >= 0.3 is 0 Å². The molecule has 4 aromatic rings. The van der Waals surface area contributed by atoms with Gasteiger partial charge in [-0.15, -0.1) is 0 Å². The lowest BCUT2D eigenvalue weighted by Crippen LogP contribution is -2.49. The van der Waals surface area contributed by atoms with E-state index >= 15 is 0 Å². The molecule has 0 atom stereocenters. The van der Waals surface area contributed by atoms with Crippen molar-refractivity contribution >= 4 is 28.7 Å². The standard InChI is InChI=1S/C22H24N8OS/c1-15-12-16(2)30-20(24-15)18(13-23-30)21-26-19(27-31-21)14-28-8-10-29(11-9-28)22(32)25-17-6-4-3-5-7-17/h3-7,12-13H,8-11,14H2,1-2H3,(H,25,32). The quantitative estimate of drug-likeness (QED) is 0.474. The molecule has 0 radical (unpaired) electrons. The molecule has 1 aliphatic rings. The molecule has 5 rings (SSSR count). The highest BCUT2D eigenvalue weighted by Crippen LogP contribution is 2.23. The van der Waals surface area contributed by atoms with Crippen molar-refractivity contribution in [1.29, 1.82) is 0 Å². The summed E-state index contributed by atoms with van der Waals surface area (Å²) in [6, 6.07) is 12.0. The van der Waals surface area contributed by atoms with E-state index < -0.39 is 0 Å². The lowest BCUT2D eigenvalue weighted by Gasteiger charge is -2.35. The molecule has 1 aromatic carbocycles. The molecular weight excluding hydrogens is 424 g/mol. The van der Waals surface area contributed by atoms with Crippen LogP contribution >= 0.6 is 12.2 Å². The molecule has 1 N–H and O–H groups in total. The van der Waals surface area contributed by atoms with Crippen LogP contribution in [0.1, 0.15) is 17.2 Å². The van der Waals surface area contributed by atoms with E-state index in [1.54, 1.807) is 10.7 Å². The first-order valence-corrected chi connectivity index (χ1v) is 11.0. The van der Waals surface area contributed by atoms with Gasteiger partial charge in [0.1, 0.15) is 5.56 Å². The topological polar surface area (TPSA) is 87.6 Å². The summed E-state index contributed by atoms with van der Waals surface area (Å²) in [4.78, 5) is 13.7. The number of piperazine rings is 1. The molecule has 0 aliphatic carbocycles. The van der Waals surface area contributed by atoms with Crippen LogP contribution in [0, 0.1) is 13.8 Å². The zero-order valence-corrected chi connectivity index (χ0v) is 18.8. The fraction of sp³-hybridized carbons (Fsp3) is 0.318. The van der Waals surface area contributed by atoms with Gasteiger partial charge in [-0.3, -0.25) is 4.90 Å². The maximum absolute atomic E-state index is 5.57. The van der Waals surface area contributed by atoms with Crippen LogP contribution in [0.4, 0.5) is 5.69 Å². The van der Waals surface area contributed by atoms with Crippen molar-refractivity contribution in [3.8, 4) is 11.5 Å². The third-order valence-electron chi connectivity index (χ3n) is 5.53. The molecule has 9 nitrogen and oxygen atoms in total. The Morgan fingerprint density at radius 1 is 1.09 bits per heavy atom. The number of para-hydroxylation sites is 1. The third kappa shape index (κ3) is 4.19. The highest BCUT2D eigenvalue weighted by Gasteiger charge is 2.22. The number of nitrogens with one attached hydrogen (secondary N) is 1. The molecule has 0 saturated carbocycles. The van der Waals surface area contributed by atoms with E-state index in [1.807, 2.05) is 50.2 Å². The molecule has 0 spiro atoms. The number of anilines is 1. The number of rotatable bonds is 4. The molecular formula is C22H24N8OS. The molecule has 0 bridgehead atoms. The molecule has 1 saturated heterocycles. The van der Waals surface area contributed by atoms with Gasteiger partial charge in [0.25, 0.3) is 5.89 Å². The van der Waals surface area contributed by atoms with Crippen LogP contribution in [0.25, 0.3) is 17.1 Å². The van der Waals surface area contributed by atoms with Gasteiger partial charge in [0.2, 0.25) is 0 Å². The Balaban J connectivity index is 1.21. The van der Waals surface area contributed by atoms with Crippen molar-refractivity contribution in [3.63, 3.8) is 0 Å². The van der Waals surface area contributed by atoms with Gasteiger partial charge < -0.3 is 14.7 Å². The number of thiocarbonyl (C=S) groups is 1. The van der Waals surface area contributed by atoms with Crippen molar-refractivity contribution in [3.05, 3.63) is 59.8 Å². The maximum Gasteiger partial charge on any atom is 0.263 e. The van der Waals surface area contributed by atoms with Crippen molar-refractivity contribution in [1.82, 2.24) is 34.5 Å². The second kappa shape index (κ2) is 8.64. The predicted octanol–water partition coefficient (Wildman–Crippen LogP) is 2.91. The lowest BCUT2D eigenvalue weighted by molar-refractivity contribution is 0.172. The summed E-state index contributed by atoms with van der Waals surface area (Å²) in [6.45, 7) is 8.02. The molecule has 164 valence electrons. The summed E-state index contributed by atoms with van der Waals surface area (Å²) < 4.78 is 7.33. The van der Waals surface area contributed by atoms with Gasteiger partial charge in [-0.05, 0) is 44.3 Å². The SMILES string of the molecule is Cc1cc(C)n2ncc(-c3nc(CN4CCN(C(=S)Nc5ccccc5)CC4)no3)c2n1. The fourth-order valence-corrected chi connectivity index (χ4v) is 4.18. The van der Waals surface area contributed by atoms with Crippen LogP contribution in [0.3, 0.4) is 0 Å². The first kappa shape index (κ1) is 20.5. The van der Waals surface area contributed by atoms with E-state index in [1.165, 1.54) is 0 Å². The van der Waals surface area contributed by atoms with Crippen LogP contribution in [0.15, 0.2) is 47.1 Å². The summed E-state index contributed by atoms with van der Waals surface area (Å²) in [5.41, 5.74) is 4.42. The summed E-state index contributed by atoms with van der Waals surface area (Å²) in [7, 11) is 0. The van der Waals surface area contributed by atoms with Gasteiger partial charge in [0.05, 0.1) is 12.7 Å². The third-order valence-corrected chi connectivity index (χ3v) is 5.89. The van der Waals surface area contributed by atoms with Gasteiger partial charge in [-0.25, -0.2) is 9.50 Å². The average molecular weight is 449 g/mol. The highest BCUT2D eigenvalue weighted by molar-refractivity contribution is 7.80. The van der Waals surface area contributed by atoms with Crippen LogP contribution in [-0.4, -0.2) is 65.8 Å². The average Bonchev–Trinajstić information content (AvgIpc) is 3.42. The summed E-state index contributed by atoms with van der Waals surface area (Å²) in [6.07, 6.45) is 1.73. The van der Waals surface area contributed by atoms with Crippen LogP contribution in [0.5, 0.6) is 0 Å². The van der Waals surface area contributed by atoms with E-state index in [0.717, 1.165) is 59.6 Å². The molecule has 10 heteroatoms. The molecule has 4 heterocycles. The Kier molecular flexibility index (Phi) is 5.54. The van der Waals surface area contributed by atoms with E-state index in [0.29, 0.717) is 18.3 Å². The molecule has 0 amide bonds. The number of benzene rings is 1. The van der Waals surface area contributed by atoms with Gasteiger partial charge in [-0.2, -0.15) is 10.1 Å². The Morgan fingerprint density at radius 2 is 1.88 bits per heavy atom. The predicted molar refractivity (Wildman–Crippen MR) is 125 cm³/mol. The van der Waals surface area contributed by atoms with Crippen molar-refractivity contribution in [2.75, 3.05) is 31.5 Å². The normalized spacial score (nSPS) is 14.8. The van der Waals surface area contributed by atoms with Crippen LogP contribution in [0.2, 0.25) is 0 Å². The number of hydrogen-bond acceptors (Lipinski definition) is 7. The molecule has 1 fully saturated rings. The Bertz CT molecular complexity index is 1240. The molecule has 1 aliphatic heterocycles. The summed E-state index contributed by atoms with van der Waals surface area (Å²) >= 11 is 5.57. The minimum absolute atomic E-state index is 0.444. The smallest absolute Gasteiger partial charge is 0.263 e. The van der Waals surface area contributed by atoms with E-state index in [-0.39, 0.29) is 0 Å². The second-order valence-corrected chi connectivity index (χ2v) is 8.29. The number of aromatic nitrogens is 5. The van der Waals surface area contributed by atoms with Crippen molar-refractivity contribution in [2.45, 2.75) is 20.4 Å². The van der Waals surface area contributed by atoms with E-state index in [4.69, 9.17) is 16.7 Å².